The number of rotatable bonds is 8. The zero-order chi connectivity index (χ0) is 21.1. The molecule has 0 saturated heterocycles. The molecule has 2 aromatic rings. The van der Waals surface area contributed by atoms with Crippen LogP contribution in [0.1, 0.15) is 18.1 Å². The van der Waals surface area contributed by atoms with Gasteiger partial charge in [0.25, 0.3) is 0 Å². The minimum atomic E-state index is -1.62. The molecule has 28 heavy (non-hydrogen) atoms. The maximum Gasteiger partial charge on any atom is 0.200 e. The average molecular weight is 390 g/mol. The van der Waals surface area contributed by atoms with Crippen molar-refractivity contribution in [1.82, 2.24) is 0 Å². The van der Waals surface area contributed by atoms with Crippen LogP contribution in [0.2, 0.25) is 0 Å². The van der Waals surface area contributed by atoms with E-state index in [0.717, 1.165) is 0 Å². The minimum Gasteiger partial charge on any atom is -0.502 e. The number of benzene rings is 2. The van der Waals surface area contributed by atoms with E-state index in [1.165, 1.54) is 52.7 Å². The first-order valence-corrected chi connectivity index (χ1v) is 8.54. The molecule has 0 saturated carbocycles. The maximum absolute atomic E-state index is 11.8. The molecule has 0 aromatic heterocycles. The number of aromatic hydroxyl groups is 2. The van der Waals surface area contributed by atoms with Crippen molar-refractivity contribution in [3.05, 3.63) is 48.0 Å². The summed E-state index contributed by atoms with van der Waals surface area (Å²) in [6, 6.07) is 6.07. The molecule has 0 aliphatic rings. The highest BCUT2D eigenvalue weighted by Crippen LogP contribution is 2.48. The predicted molar refractivity (Wildman–Crippen MR) is 105 cm³/mol. The summed E-state index contributed by atoms with van der Waals surface area (Å²) < 4.78 is 20.9. The highest BCUT2D eigenvalue weighted by atomic mass is 16.5. The van der Waals surface area contributed by atoms with Crippen LogP contribution in [0.25, 0.3) is 0 Å². The Morgan fingerprint density at radius 3 is 1.29 bits per heavy atom. The molecular formula is C21H26O7. The Labute approximate surface area is 164 Å². The molecule has 1 atom stereocenters. The third kappa shape index (κ3) is 3.41. The van der Waals surface area contributed by atoms with Crippen LogP contribution < -0.4 is 18.9 Å². The zero-order valence-corrected chi connectivity index (χ0v) is 16.6. The van der Waals surface area contributed by atoms with Gasteiger partial charge in [0.1, 0.15) is 5.60 Å². The van der Waals surface area contributed by atoms with Crippen molar-refractivity contribution in [1.29, 1.82) is 0 Å². The molecule has 0 aliphatic carbocycles. The van der Waals surface area contributed by atoms with Gasteiger partial charge in [-0.1, -0.05) is 13.0 Å². The van der Waals surface area contributed by atoms with Crippen LogP contribution in [0.4, 0.5) is 0 Å². The van der Waals surface area contributed by atoms with Crippen LogP contribution in [-0.4, -0.2) is 43.8 Å². The SMILES string of the molecule is C=CC(C)C(O)(c1cc(OC)c(O)c(OC)c1)c1cc(OC)c(O)c(OC)c1. The Balaban J connectivity index is 2.85. The highest BCUT2D eigenvalue weighted by molar-refractivity contribution is 5.59. The number of aliphatic hydroxyl groups is 1. The molecule has 0 heterocycles. The van der Waals surface area contributed by atoms with Crippen LogP contribution >= 0.6 is 0 Å². The number of ether oxygens (including phenoxy) is 4. The van der Waals surface area contributed by atoms with Crippen molar-refractivity contribution in [2.24, 2.45) is 5.92 Å². The summed E-state index contributed by atoms with van der Waals surface area (Å²) >= 11 is 0. The summed E-state index contributed by atoms with van der Waals surface area (Å²) in [5, 5.41) is 32.3. The first-order valence-electron chi connectivity index (χ1n) is 8.54. The van der Waals surface area contributed by atoms with Crippen LogP contribution in [0, 0.1) is 5.92 Å². The molecule has 3 N–H and O–H groups in total. The van der Waals surface area contributed by atoms with E-state index >= 15 is 0 Å². The lowest BCUT2D eigenvalue weighted by Crippen LogP contribution is -2.34. The van der Waals surface area contributed by atoms with Gasteiger partial charge in [0, 0.05) is 5.92 Å². The van der Waals surface area contributed by atoms with E-state index < -0.39 is 11.5 Å². The van der Waals surface area contributed by atoms with Gasteiger partial charge in [-0.2, -0.15) is 0 Å². The van der Waals surface area contributed by atoms with E-state index in [0.29, 0.717) is 11.1 Å². The number of hydrogen-bond donors (Lipinski definition) is 3. The average Bonchev–Trinajstić information content (AvgIpc) is 2.72. The predicted octanol–water partition coefficient (Wildman–Crippen LogP) is 3.19. The first-order chi connectivity index (χ1) is 13.3. The van der Waals surface area contributed by atoms with E-state index in [1.54, 1.807) is 13.0 Å². The van der Waals surface area contributed by atoms with E-state index in [9.17, 15) is 15.3 Å². The largest absolute Gasteiger partial charge is 0.502 e. The first kappa shape index (κ1) is 21.2. The number of phenols is 2. The lowest BCUT2D eigenvalue weighted by atomic mass is 9.76. The fourth-order valence-corrected chi connectivity index (χ4v) is 3.09. The van der Waals surface area contributed by atoms with Crippen molar-refractivity contribution in [2.45, 2.75) is 12.5 Å². The molecular weight excluding hydrogens is 364 g/mol. The van der Waals surface area contributed by atoms with Crippen LogP contribution in [0.15, 0.2) is 36.9 Å². The van der Waals surface area contributed by atoms with Gasteiger partial charge < -0.3 is 34.3 Å². The summed E-state index contributed by atoms with van der Waals surface area (Å²) in [7, 11) is 5.61. The van der Waals surface area contributed by atoms with E-state index in [-0.39, 0.29) is 34.5 Å². The molecule has 2 rings (SSSR count). The molecule has 0 aliphatic heterocycles. The standard InChI is InChI=1S/C21H26O7/c1-7-12(2)21(24,13-8-15(25-3)19(22)16(9-13)26-4)14-10-17(27-5)20(23)18(11-14)28-6/h7-12,22-24H,1H2,2-6H3. The second kappa shape index (κ2) is 8.31. The Hall–Kier alpha value is -3.06. The van der Waals surface area contributed by atoms with Gasteiger partial charge >= 0.3 is 0 Å². The second-order valence-electron chi connectivity index (χ2n) is 6.25. The molecule has 0 bridgehead atoms. The third-order valence-electron chi connectivity index (χ3n) is 4.85. The van der Waals surface area contributed by atoms with Crippen molar-refractivity contribution < 1.29 is 34.3 Å². The molecule has 7 heteroatoms. The van der Waals surface area contributed by atoms with Crippen molar-refractivity contribution >= 4 is 0 Å². The Bertz CT molecular complexity index is 748. The van der Waals surface area contributed by atoms with E-state index in [4.69, 9.17) is 18.9 Å². The van der Waals surface area contributed by atoms with E-state index in [2.05, 4.69) is 6.58 Å². The van der Waals surface area contributed by atoms with Crippen LogP contribution in [-0.2, 0) is 5.60 Å². The Morgan fingerprint density at radius 2 is 1.07 bits per heavy atom. The third-order valence-corrected chi connectivity index (χ3v) is 4.85. The van der Waals surface area contributed by atoms with Gasteiger partial charge in [-0.25, -0.2) is 0 Å². The van der Waals surface area contributed by atoms with E-state index in [1.807, 2.05) is 0 Å². The van der Waals surface area contributed by atoms with Crippen molar-refractivity contribution in [3.8, 4) is 34.5 Å². The van der Waals surface area contributed by atoms with Crippen molar-refractivity contribution in [3.63, 3.8) is 0 Å². The molecule has 0 fully saturated rings. The summed E-state index contributed by atoms with van der Waals surface area (Å²) in [6.45, 7) is 5.58. The number of hydrogen-bond acceptors (Lipinski definition) is 7. The normalized spacial score (nSPS) is 12.2. The Morgan fingerprint density at radius 1 is 0.786 bits per heavy atom. The quantitative estimate of drug-likeness (QED) is 0.596. The fraction of sp³-hybridized carbons (Fsp3) is 0.333. The molecule has 2 aromatic carbocycles. The summed E-state index contributed by atoms with van der Waals surface area (Å²) in [6.07, 6.45) is 1.59. The monoisotopic (exact) mass is 390 g/mol. The zero-order valence-electron chi connectivity index (χ0n) is 16.6. The molecule has 7 nitrogen and oxygen atoms in total. The topological polar surface area (TPSA) is 97.6 Å². The van der Waals surface area contributed by atoms with Gasteiger partial charge in [0.2, 0.25) is 11.5 Å². The highest BCUT2D eigenvalue weighted by Gasteiger charge is 2.39. The van der Waals surface area contributed by atoms with Gasteiger partial charge in [-0.3, -0.25) is 0 Å². The molecule has 0 amide bonds. The van der Waals surface area contributed by atoms with Crippen molar-refractivity contribution in [2.75, 3.05) is 28.4 Å². The van der Waals surface area contributed by atoms with Gasteiger partial charge in [0.05, 0.1) is 28.4 Å². The minimum absolute atomic E-state index is 0.141. The number of methoxy groups -OCH3 is 4. The molecule has 0 radical (unpaired) electrons. The second-order valence-corrected chi connectivity index (χ2v) is 6.25. The van der Waals surface area contributed by atoms with Crippen LogP contribution in [0.3, 0.4) is 0 Å². The lowest BCUT2D eigenvalue weighted by molar-refractivity contribution is 0.0425. The smallest absolute Gasteiger partial charge is 0.200 e. The fourth-order valence-electron chi connectivity index (χ4n) is 3.09. The molecule has 0 spiro atoms. The number of phenolic OH excluding ortho intramolecular Hbond substituents is 2. The Kier molecular flexibility index (Phi) is 6.30. The van der Waals surface area contributed by atoms with Crippen LogP contribution in [0.5, 0.6) is 34.5 Å². The summed E-state index contributed by atoms with van der Waals surface area (Å²) in [4.78, 5) is 0. The molecule has 1 unspecified atom stereocenters. The van der Waals surface area contributed by atoms with Gasteiger partial charge in [-0.05, 0) is 35.4 Å². The van der Waals surface area contributed by atoms with Gasteiger partial charge in [-0.15, -0.1) is 6.58 Å². The maximum atomic E-state index is 11.8. The summed E-state index contributed by atoms with van der Waals surface area (Å²) in [5.74, 6) is -0.274. The molecule has 152 valence electrons. The lowest BCUT2D eigenvalue weighted by Gasteiger charge is -2.35. The van der Waals surface area contributed by atoms with Gasteiger partial charge in [0.15, 0.2) is 23.0 Å². The summed E-state index contributed by atoms with van der Waals surface area (Å²) in [5.41, 5.74) is -0.841.